The van der Waals surface area contributed by atoms with Crippen LogP contribution < -0.4 is 20.1 Å². The predicted molar refractivity (Wildman–Crippen MR) is 110 cm³/mol. The van der Waals surface area contributed by atoms with Crippen molar-refractivity contribution in [2.75, 3.05) is 19.8 Å². The summed E-state index contributed by atoms with van der Waals surface area (Å²) in [5, 5.41) is 6.15. The van der Waals surface area contributed by atoms with Gasteiger partial charge in [0.05, 0.1) is 18.2 Å². The van der Waals surface area contributed by atoms with Crippen molar-refractivity contribution < 1.29 is 19.1 Å². The van der Waals surface area contributed by atoms with E-state index in [0.29, 0.717) is 35.3 Å². The first kappa shape index (κ1) is 22.3. The number of carbonyl (C=O) groups excluding carboxylic acids is 2. The zero-order valence-electron chi connectivity index (χ0n) is 16.8. The maximum absolute atomic E-state index is 12.5. The molecule has 6 nitrogen and oxygen atoms in total. The fourth-order valence-corrected chi connectivity index (χ4v) is 3.51. The molecule has 0 bridgehead atoms. The summed E-state index contributed by atoms with van der Waals surface area (Å²) in [6.07, 6.45) is 6.77. The van der Waals surface area contributed by atoms with Gasteiger partial charge in [0.25, 0.3) is 5.91 Å². The van der Waals surface area contributed by atoms with E-state index in [1.807, 2.05) is 13.8 Å². The largest absolute Gasteiger partial charge is 0.490 e. The van der Waals surface area contributed by atoms with Crippen molar-refractivity contribution in [3.63, 3.8) is 0 Å². The topological polar surface area (TPSA) is 76.7 Å². The maximum atomic E-state index is 12.5. The van der Waals surface area contributed by atoms with Crippen molar-refractivity contribution in [3.8, 4) is 11.5 Å². The minimum atomic E-state index is -0.296. The highest BCUT2D eigenvalue weighted by Crippen LogP contribution is 2.36. The molecule has 1 aromatic carbocycles. The Morgan fingerprint density at radius 3 is 2.57 bits per heavy atom. The van der Waals surface area contributed by atoms with Gasteiger partial charge in [0.1, 0.15) is 0 Å². The first-order valence-electron chi connectivity index (χ1n) is 10.2. The van der Waals surface area contributed by atoms with Gasteiger partial charge in [-0.05, 0) is 38.3 Å². The van der Waals surface area contributed by atoms with Gasteiger partial charge in [0, 0.05) is 24.6 Å². The van der Waals surface area contributed by atoms with Crippen LogP contribution in [0.2, 0.25) is 5.02 Å². The third kappa shape index (κ3) is 6.89. The Bertz CT molecular complexity index is 660. The second-order valence-corrected chi connectivity index (χ2v) is 7.38. The van der Waals surface area contributed by atoms with E-state index in [2.05, 4.69) is 10.6 Å². The van der Waals surface area contributed by atoms with Crippen molar-refractivity contribution in [3.05, 3.63) is 22.7 Å². The molecule has 1 aliphatic rings. The molecule has 156 valence electrons. The molecule has 0 spiro atoms. The summed E-state index contributed by atoms with van der Waals surface area (Å²) < 4.78 is 11.2. The molecule has 0 atom stereocenters. The molecule has 28 heavy (non-hydrogen) atoms. The minimum absolute atomic E-state index is 0.0245. The monoisotopic (exact) mass is 410 g/mol. The number of hydrogen-bond donors (Lipinski definition) is 2. The van der Waals surface area contributed by atoms with Crippen LogP contribution in [0, 0.1) is 0 Å². The van der Waals surface area contributed by atoms with E-state index in [9.17, 15) is 9.59 Å². The summed E-state index contributed by atoms with van der Waals surface area (Å²) in [6.45, 7) is 5.08. The van der Waals surface area contributed by atoms with Crippen LogP contribution in [0.25, 0.3) is 0 Å². The normalized spacial score (nSPS) is 14.4. The molecule has 1 aliphatic carbocycles. The lowest BCUT2D eigenvalue weighted by molar-refractivity contribution is -0.121. The Kier molecular flexibility index (Phi) is 9.41. The van der Waals surface area contributed by atoms with Crippen LogP contribution in [0.1, 0.15) is 69.2 Å². The third-order valence-electron chi connectivity index (χ3n) is 4.63. The van der Waals surface area contributed by atoms with Crippen LogP contribution in [0.15, 0.2) is 12.1 Å². The van der Waals surface area contributed by atoms with Crippen LogP contribution >= 0.6 is 11.6 Å². The van der Waals surface area contributed by atoms with Gasteiger partial charge in [-0.25, -0.2) is 0 Å². The molecule has 0 heterocycles. The molecule has 0 aliphatic heterocycles. The summed E-state index contributed by atoms with van der Waals surface area (Å²) in [4.78, 5) is 24.5. The molecule has 2 rings (SSSR count). The SMILES string of the molecule is CCCOc1c(Cl)cc(C(=O)NCCC(=O)NC2CCCCC2)cc1OCC. The van der Waals surface area contributed by atoms with E-state index in [0.717, 1.165) is 19.3 Å². The van der Waals surface area contributed by atoms with Crippen molar-refractivity contribution in [1.82, 2.24) is 10.6 Å². The second kappa shape index (κ2) is 11.8. The van der Waals surface area contributed by atoms with Gasteiger partial charge in [-0.15, -0.1) is 0 Å². The van der Waals surface area contributed by atoms with Crippen molar-refractivity contribution >= 4 is 23.4 Å². The summed E-state index contributed by atoms with van der Waals surface area (Å²) in [7, 11) is 0. The number of nitrogens with one attached hydrogen (secondary N) is 2. The molecular weight excluding hydrogens is 380 g/mol. The minimum Gasteiger partial charge on any atom is -0.490 e. The van der Waals surface area contributed by atoms with Gasteiger partial charge in [-0.2, -0.15) is 0 Å². The highest BCUT2D eigenvalue weighted by molar-refractivity contribution is 6.32. The van der Waals surface area contributed by atoms with Gasteiger partial charge in [-0.3, -0.25) is 9.59 Å². The summed E-state index contributed by atoms with van der Waals surface area (Å²) >= 11 is 6.29. The smallest absolute Gasteiger partial charge is 0.251 e. The standard InChI is InChI=1S/C21H31ClN2O4/c1-3-12-28-20-17(22)13-15(14-18(20)27-4-2)21(26)23-11-10-19(25)24-16-8-6-5-7-9-16/h13-14,16H,3-12H2,1-2H3,(H,23,26)(H,24,25). The van der Waals surface area contributed by atoms with Crippen LogP contribution in [0.3, 0.4) is 0 Å². The second-order valence-electron chi connectivity index (χ2n) is 6.98. The van der Waals surface area contributed by atoms with E-state index in [1.165, 1.54) is 19.3 Å². The molecule has 2 N–H and O–H groups in total. The molecule has 7 heteroatoms. The fraction of sp³-hybridized carbons (Fsp3) is 0.619. The van der Waals surface area contributed by atoms with Gasteiger partial charge in [0.2, 0.25) is 5.91 Å². The van der Waals surface area contributed by atoms with Gasteiger partial charge >= 0.3 is 0 Å². The lowest BCUT2D eigenvalue weighted by Crippen LogP contribution is -2.38. The average Bonchev–Trinajstić information content (AvgIpc) is 2.68. The number of amides is 2. The number of hydrogen-bond acceptors (Lipinski definition) is 4. The highest BCUT2D eigenvalue weighted by atomic mass is 35.5. The Morgan fingerprint density at radius 2 is 1.89 bits per heavy atom. The summed E-state index contributed by atoms with van der Waals surface area (Å²) in [5.41, 5.74) is 0.380. The van der Waals surface area contributed by atoms with E-state index in [4.69, 9.17) is 21.1 Å². The Balaban J connectivity index is 1.89. The lowest BCUT2D eigenvalue weighted by Gasteiger charge is -2.22. The first-order chi connectivity index (χ1) is 13.5. The Hall–Kier alpha value is -1.95. The van der Waals surface area contributed by atoms with Gasteiger partial charge in [0.15, 0.2) is 11.5 Å². The van der Waals surface area contributed by atoms with Crippen LogP contribution in [0.4, 0.5) is 0 Å². The summed E-state index contributed by atoms with van der Waals surface area (Å²) in [6, 6.07) is 3.46. The molecule has 0 saturated heterocycles. The fourth-order valence-electron chi connectivity index (χ4n) is 3.24. The molecule has 0 unspecified atom stereocenters. The van der Waals surface area contributed by atoms with Gasteiger partial charge in [-0.1, -0.05) is 37.8 Å². The highest BCUT2D eigenvalue weighted by Gasteiger charge is 2.18. The number of ether oxygens (including phenoxy) is 2. The molecule has 2 amide bonds. The van der Waals surface area contributed by atoms with E-state index in [1.54, 1.807) is 12.1 Å². The number of halogens is 1. The lowest BCUT2D eigenvalue weighted by atomic mass is 9.95. The van der Waals surface area contributed by atoms with Crippen LogP contribution in [-0.4, -0.2) is 37.6 Å². The quantitative estimate of drug-likeness (QED) is 0.608. The Morgan fingerprint density at radius 1 is 1.14 bits per heavy atom. The van der Waals surface area contributed by atoms with Crippen molar-refractivity contribution in [2.45, 2.75) is 64.8 Å². The zero-order valence-corrected chi connectivity index (χ0v) is 17.6. The van der Waals surface area contributed by atoms with Crippen molar-refractivity contribution in [1.29, 1.82) is 0 Å². The Labute approximate surface area is 172 Å². The number of carbonyl (C=O) groups is 2. The number of benzene rings is 1. The number of rotatable bonds is 10. The third-order valence-corrected chi connectivity index (χ3v) is 4.91. The van der Waals surface area contributed by atoms with Crippen molar-refractivity contribution in [2.24, 2.45) is 0 Å². The van der Waals surface area contributed by atoms with E-state index >= 15 is 0 Å². The van der Waals surface area contributed by atoms with Gasteiger partial charge < -0.3 is 20.1 Å². The predicted octanol–water partition coefficient (Wildman–Crippen LogP) is 4.10. The van der Waals surface area contributed by atoms with E-state index in [-0.39, 0.29) is 30.8 Å². The maximum Gasteiger partial charge on any atom is 0.251 e. The summed E-state index contributed by atoms with van der Waals surface area (Å²) in [5.74, 6) is 0.580. The molecule has 0 aromatic heterocycles. The van der Waals surface area contributed by atoms with Crippen LogP contribution in [0.5, 0.6) is 11.5 Å². The molecule has 1 saturated carbocycles. The molecule has 1 aromatic rings. The zero-order chi connectivity index (χ0) is 20.4. The average molecular weight is 411 g/mol. The first-order valence-corrected chi connectivity index (χ1v) is 10.6. The molecule has 0 radical (unpaired) electrons. The molecule has 1 fully saturated rings. The van der Waals surface area contributed by atoms with Crippen LogP contribution in [-0.2, 0) is 4.79 Å². The van der Waals surface area contributed by atoms with E-state index < -0.39 is 0 Å². The molecular formula is C21H31ClN2O4.